The van der Waals surface area contributed by atoms with E-state index in [4.69, 9.17) is 19.7 Å². The van der Waals surface area contributed by atoms with E-state index in [0.29, 0.717) is 49.2 Å². The van der Waals surface area contributed by atoms with Crippen molar-refractivity contribution in [2.75, 3.05) is 50.8 Å². The van der Waals surface area contributed by atoms with Gasteiger partial charge in [-0.1, -0.05) is 29.5 Å². The Morgan fingerprint density at radius 2 is 1.71 bits per heavy atom. The zero-order valence-corrected chi connectivity index (χ0v) is 26.0. The molecule has 0 saturated carbocycles. The molecular weight excluding hydrogens is 596 g/mol. The van der Waals surface area contributed by atoms with Crippen molar-refractivity contribution < 1.29 is 9.53 Å². The van der Waals surface area contributed by atoms with Gasteiger partial charge in [0.2, 0.25) is 17.5 Å². The van der Waals surface area contributed by atoms with Crippen molar-refractivity contribution in [3.63, 3.8) is 0 Å². The fourth-order valence-corrected chi connectivity index (χ4v) is 5.69. The lowest BCUT2D eigenvalue weighted by molar-refractivity contribution is -0.130. The smallest absolute Gasteiger partial charge is 0.225 e. The third kappa shape index (κ3) is 6.77. The SMILES string of the molecule is CC(=O)N1CCN(Cc2ccc(-c3cnc(N4CCO[C@H](Cn5nnc6ncc(-c7cnn(C)c7)nc65)C4)nc3)cc2)CC1.Cl. The van der Waals surface area contributed by atoms with Gasteiger partial charge in [-0.3, -0.25) is 14.4 Å². The summed E-state index contributed by atoms with van der Waals surface area (Å²) in [5, 5.41) is 12.7. The van der Waals surface area contributed by atoms with E-state index in [9.17, 15) is 4.79 Å². The molecule has 1 atom stereocenters. The molecule has 1 aromatic carbocycles. The van der Waals surface area contributed by atoms with Crippen LogP contribution in [0, 0.1) is 0 Å². The minimum atomic E-state index is -0.140. The van der Waals surface area contributed by atoms with Crippen LogP contribution in [0.3, 0.4) is 0 Å². The number of halogens is 1. The monoisotopic (exact) mass is 630 g/mol. The van der Waals surface area contributed by atoms with Crippen LogP contribution in [0.2, 0.25) is 0 Å². The Morgan fingerprint density at radius 1 is 0.933 bits per heavy atom. The van der Waals surface area contributed by atoms with Gasteiger partial charge in [-0.05, 0) is 11.1 Å². The lowest BCUT2D eigenvalue weighted by atomic mass is 10.1. The number of anilines is 1. The molecule has 15 heteroatoms. The minimum absolute atomic E-state index is 0. The van der Waals surface area contributed by atoms with Gasteiger partial charge in [0, 0.05) is 89.5 Å². The summed E-state index contributed by atoms with van der Waals surface area (Å²) < 4.78 is 9.55. The number of carbonyl (C=O) groups is 1. The number of hydrogen-bond acceptors (Lipinski definition) is 11. The number of aryl methyl sites for hydroxylation is 1. The third-order valence-corrected chi connectivity index (χ3v) is 8.18. The van der Waals surface area contributed by atoms with Gasteiger partial charge in [0.25, 0.3) is 0 Å². The molecule has 2 saturated heterocycles. The van der Waals surface area contributed by atoms with Gasteiger partial charge >= 0.3 is 0 Å². The number of hydrogen-bond donors (Lipinski definition) is 0. The molecule has 234 valence electrons. The molecule has 0 spiro atoms. The van der Waals surface area contributed by atoms with Gasteiger partial charge in [0.1, 0.15) is 0 Å². The lowest BCUT2D eigenvalue weighted by Crippen LogP contribution is -2.47. The van der Waals surface area contributed by atoms with Gasteiger partial charge in [-0.25, -0.2) is 24.6 Å². The first-order chi connectivity index (χ1) is 21.5. The second kappa shape index (κ2) is 13.2. The predicted molar refractivity (Wildman–Crippen MR) is 170 cm³/mol. The molecule has 2 aliphatic heterocycles. The molecule has 0 N–H and O–H groups in total. The van der Waals surface area contributed by atoms with Crippen LogP contribution in [0.1, 0.15) is 12.5 Å². The molecule has 0 unspecified atom stereocenters. The van der Waals surface area contributed by atoms with Crippen LogP contribution >= 0.6 is 12.4 Å². The van der Waals surface area contributed by atoms with Crippen LogP contribution in [0.4, 0.5) is 5.95 Å². The van der Waals surface area contributed by atoms with E-state index in [1.54, 1.807) is 28.7 Å². The summed E-state index contributed by atoms with van der Waals surface area (Å²) in [7, 11) is 1.87. The maximum Gasteiger partial charge on any atom is 0.225 e. The molecule has 2 fully saturated rings. The largest absolute Gasteiger partial charge is 0.373 e. The standard InChI is InChI=1S/C30H34N12O2.ClH/c1-21(43)40-9-7-39(8-10-40)17-22-3-5-23(6-4-22)24-13-32-30(33-14-24)41-11-12-44-26(19-41)20-42-29-28(36-37-42)31-16-27(35-29)25-15-34-38(2)18-25;/h3-6,13-16,18,26H,7-12,17,19-20H2,1-2H3;1H/t26-;/m0./s1. The first-order valence-electron chi connectivity index (χ1n) is 14.8. The number of aromatic nitrogens is 9. The molecular formula is C30H35ClN12O2. The highest BCUT2D eigenvalue weighted by molar-refractivity contribution is 5.85. The van der Waals surface area contributed by atoms with E-state index in [0.717, 1.165) is 49.4 Å². The Balaban J connectivity index is 0.00000357. The van der Waals surface area contributed by atoms with Crippen LogP contribution in [0.5, 0.6) is 0 Å². The Morgan fingerprint density at radius 3 is 2.42 bits per heavy atom. The van der Waals surface area contributed by atoms with E-state index in [1.807, 2.05) is 30.5 Å². The Bertz CT molecular complexity index is 1750. The van der Waals surface area contributed by atoms with Crippen molar-refractivity contribution in [2.24, 2.45) is 7.05 Å². The van der Waals surface area contributed by atoms with Crippen molar-refractivity contribution >= 4 is 35.6 Å². The van der Waals surface area contributed by atoms with Crippen molar-refractivity contribution in [1.29, 1.82) is 0 Å². The Kier molecular flexibility index (Phi) is 8.96. The van der Waals surface area contributed by atoms with E-state index in [2.05, 4.69) is 54.5 Å². The van der Waals surface area contributed by atoms with Crippen molar-refractivity contribution in [3.8, 4) is 22.4 Å². The van der Waals surface area contributed by atoms with E-state index in [-0.39, 0.29) is 24.4 Å². The molecule has 6 heterocycles. The number of rotatable bonds is 7. The first kappa shape index (κ1) is 30.5. The minimum Gasteiger partial charge on any atom is -0.373 e. The fraction of sp³-hybridized carbons (Fsp3) is 0.400. The second-order valence-electron chi connectivity index (χ2n) is 11.3. The van der Waals surface area contributed by atoms with Crippen LogP contribution in [0.15, 0.2) is 55.2 Å². The molecule has 5 aromatic rings. The highest BCUT2D eigenvalue weighted by atomic mass is 35.5. The summed E-state index contributed by atoms with van der Waals surface area (Å²) in [5.74, 6) is 0.827. The summed E-state index contributed by atoms with van der Waals surface area (Å²) in [5.41, 5.74) is 5.99. The van der Waals surface area contributed by atoms with E-state index >= 15 is 0 Å². The average molecular weight is 631 g/mol. The van der Waals surface area contributed by atoms with Crippen molar-refractivity contribution in [2.45, 2.75) is 26.1 Å². The fourth-order valence-electron chi connectivity index (χ4n) is 5.69. The zero-order chi connectivity index (χ0) is 30.0. The number of carbonyl (C=O) groups excluding carboxylic acids is 1. The van der Waals surface area contributed by atoms with Crippen molar-refractivity contribution in [3.05, 3.63) is 60.8 Å². The van der Waals surface area contributed by atoms with Gasteiger partial charge in [0.05, 0.1) is 37.3 Å². The number of ether oxygens (including phenoxy) is 1. The molecule has 2 aliphatic rings. The molecule has 14 nitrogen and oxygen atoms in total. The van der Waals surface area contributed by atoms with Gasteiger partial charge in [-0.2, -0.15) is 5.10 Å². The highest BCUT2D eigenvalue weighted by Crippen LogP contribution is 2.22. The number of amides is 1. The molecule has 0 bridgehead atoms. The Labute approximate surface area is 266 Å². The summed E-state index contributed by atoms with van der Waals surface area (Å²) >= 11 is 0. The van der Waals surface area contributed by atoms with Crippen LogP contribution in [-0.2, 0) is 29.7 Å². The highest BCUT2D eigenvalue weighted by Gasteiger charge is 2.25. The average Bonchev–Trinajstić information content (AvgIpc) is 3.67. The first-order valence-corrected chi connectivity index (χ1v) is 14.8. The molecule has 4 aromatic heterocycles. The van der Waals surface area contributed by atoms with E-state index < -0.39 is 0 Å². The maximum absolute atomic E-state index is 11.6. The van der Waals surface area contributed by atoms with Crippen LogP contribution < -0.4 is 4.90 Å². The number of benzene rings is 1. The lowest BCUT2D eigenvalue weighted by Gasteiger charge is -2.34. The number of piperazine rings is 1. The van der Waals surface area contributed by atoms with Crippen LogP contribution in [0.25, 0.3) is 33.7 Å². The van der Waals surface area contributed by atoms with Crippen LogP contribution in [-0.4, -0.2) is 112 Å². The van der Waals surface area contributed by atoms with Gasteiger partial charge < -0.3 is 14.5 Å². The third-order valence-electron chi connectivity index (χ3n) is 8.18. The van der Waals surface area contributed by atoms with Gasteiger partial charge in [0.15, 0.2) is 5.65 Å². The molecule has 0 radical (unpaired) electrons. The molecule has 7 rings (SSSR count). The maximum atomic E-state index is 11.6. The quantitative estimate of drug-likeness (QED) is 0.261. The van der Waals surface area contributed by atoms with E-state index in [1.165, 1.54) is 5.56 Å². The van der Waals surface area contributed by atoms with Crippen molar-refractivity contribution in [1.82, 2.24) is 54.5 Å². The second-order valence-corrected chi connectivity index (χ2v) is 11.3. The normalized spacial score (nSPS) is 17.4. The number of nitrogens with zero attached hydrogens (tertiary/aromatic N) is 12. The zero-order valence-electron chi connectivity index (χ0n) is 25.2. The van der Waals surface area contributed by atoms with Gasteiger partial charge in [-0.15, -0.1) is 17.5 Å². The summed E-state index contributed by atoms with van der Waals surface area (Å²) in [6.07, 6.45) is 8.96. The Hall–Kier alpha value is -4.53. The summed E-state index contributed by atoms with van der Waals surface area (Å²) in [4.78, 5) is 36.6. The molecule has 45 heavy (non-hydrogen) atoms. The summed E-state index contributed by atoms with van der Waals surface area (Å²) in [6, 6.07) is 8.56. The topological polar surface area (TPSA) is 136 Å². The molecule has 1 amide bonds. The molecule has 0 aliphatic carbocycles. The predicted octanol–water partition coefficient (Wildman–Crippen LogP) is 2.07. The number of morpholine rings is 1. The summed E-state index contributed by atoms with van der Waals surface area (Å²) in [6.45, 7) is 8.25. The number of fused-ring (bicyclic) bond motifs is 1.